The molecule has 9 nitrogen and oxygen atoms in total. The largest absolute Gasteiger partial charge is 0.509 e. The summed E-state index contributed by atoms with van der Waals surface area (Å²) in [5, 5.41) is 21.4. The van der Waals surface area contributed by atoms with Crippen LogP contribution >= 0.6 is 0 Å². The van der Waals surface area contributed by atoms with Crippen LogP contribution in [0.15, 0.2) is 72.8 Å². The second-order valence-electron chi connectivity index (χ2n) is 8.85. The van der Waals surface area contributed by atoms with Crippen molar-refractivity contribution in [2.24, 2.45) is 0 Å². The lowest BCUT2D eigenvalue weighted by atomic mass is 9.96. The first kappa shape index (κ1) is 26.3. The predicted octanol–water partition coefficient (Wildman–Crippen LogP) is 3.76. The smallest absolute Gasteiger partial charge is 0.431 e. The molecule has 1 aliphatic rings. The van der Waals surface area contributed by atoms with Crippen molar-refractivity contribution in [2.75, 3.05) is 13.7 Å². The summed E-state index contributed by atoms with van der Waals surface area (Å²) in [4.78, 5) is 24.3. The number of methoxy groups -OCH3 is 1. The number of benzene rings is 3. The zero-order valence-electron chi connectivity index (χ0n) is 20.6. The van der Waals surface area contributed by atoms with Gasteiger partial charge in [0, 0.05) is 19.2 Å². The summed E-state index contributed by atoms with van der Waals surface area (Å²) in [7, 11) is 3.49. The van der Waals surface area contributed by atoms with E-state index in [0.717, 1.165) is 11.1 Å². The number of carbonyl (C=O) groups excluding carboxylic acids is 1. The van der Waals surface area contributed by atoms with Crippen molar-refractivity contribution in [3.63, 3.8) is 0 Å². The topological polar surface area (TPSA) is 117 Å². The fourth-order valence-electron chi connectivity index (χ4n) is 4.44. The van der Waals surface area contributed by atoms with Gasteiger partial charge >= 0.3 is 6.16 Å². The van der Waals surface area contributed by atoms with E-state index in [1.54, 1.807) is 73.8 Å². The molecular weight excluding hydrogens is 477 g/mol. The number of carbonyl (C=O) groups is 1. The van der Waals surface area contributed by atoms with Crippen molar-refractivity contribution in [1.29, 1.82) is 0 Å². The van der Waals surface area contributed by atoms with Gasteiger partial charge in [-0.15, -0.1) is 0 Å². The van der Waals surface area contributed by atoms with Crippen molar-refractivity contribution in [2.45, 2.75) is 37.3 Å². The maximum atomic E-state index is 12.7. The molecule has 4 atom stereocenters. The van der Waals surface area contributed by atoms with Gasteiger partial charge in [0.25, 0.3) is 5.69 Å². The number of rotatable bonds is 9. The molecule has 0 aromatic heterocycles. The van der Waals surface area contributed by atoms with Crippen molar-refractivity contribution < 1.29 is 33.8 Å². The van der Waals surface area contributed by atoms with E-state index in [9.17, 15) is 20.0 Å². The molecule has 1 heterocycles. The fraction of sp³-hybridized carbons (Fsp3) is 0.296. The van der Waals surface area contributed by atoms with Gasteiger partial charge < -0.3 is 24.1 Å². The zero-order valence-corrected chi connectivity index (χ0v) is 20.6. The third-order valence-corrected chi connectivity index (χ3v) is 6.35. The van der Waals surface area contributed by atoms with Gasteiger partial charge in [0.15, 0.2) is 6.10 Å². The molecule has 192 valence electrons. The van der Waals surface area contributed by atoms with Crippen molar-refractivity contribution in [3.05, 3.63) is 99.6 Å². The van der Waals surface area contributed by atoms with Gasteiger partial charge in [-0.2, -0.15) is 0 Å². The molecule has 1 saturated heterocycles. The Morgan fingerprint density at radius 3 is 2.49 bits per heavy atom. The molecule has 4 rings (SSSR count). The summed E-state index contributed by atoms with van der Waals surface area (Å²) in [6.45, 7) is -0.155. The number of aliphatic hydroxyl groups is 1. The molecule has 0 bridgehead atoms. The van der Waals surface area contributed by atoms with E-state index >= 15 is 0 Å². The van der Waals surface area contributed by atoms with Crippen LogP contribution in [-0.2, 0) is 25.6 Å². The Morgan fingerprint density at radius 2 is 1.84 bits per heavy atom. The summed E-state index contributed by atoms with van der Waals surface area (Å²) in [5.41, 5.74) is 2.68. The molecule has 37 heavy (non-hydrogen) atoms. The number of aliphatic hydroxyl groups excluding tert-OH is 1. The monoisotopic (exact) mass is 505 g/mol. The van der Waals surface area contributed by atoms with Gasteiger partial charge in [-0.3, -0.25) is 10.1 Å². The van der Waals surface area contributed by atoms with Crippen LogP contribution in [0.3, 0.4) is 0 Å². The Labute approximate surface area is 215 Å². The van der Waals surface area contributed by atoms with Crippen LogP contribution in [0.4, 0.5) is 10.5 Å². The van der Waals surface area contributed by atoms with Crippen LogP contribution in [0.2, 0.25) is 0 Å². The first-order chi connectivity index (χ1) is 17.9. The molecule has 1 aliphatic heterocycles. The second-order valence-corrected chi connectivity index (χ2v) is 8.85. The summed E-state index contributed by atoms with van der Waals surface area (Å²) in [6.07, 6.45) is -1.97. The number of nitro benzene ring substituents is 1. The van der Waals surface area contributed by atoms with Gasteiger partial charge in [0.2, 0.25) is 0 Å². The third kappa shape index (κ3) is 6.35. The summed E-state index contributed by atoms with van der Waals surface area (Å²) < 4.78 is 22.1. The van der Waals surface area contributed by atoms with Crippen molar-refractivity contribution in [1.82, 2.24) is 0 Å². The van der Waals surface area contributed by atoms with Crippen LogP contribution in [0.25, 0.3) is 11.1 Å². The Morgan fingerprint density at radius 1 is 1.14 bits per heavy atom. The fourth-order valence-corrected chi connectivity index (χ4v) is 4.44. The molecule has 0 saturated carbocycles. The molecule has 4 unspecified atom stereocenters. The van der Waals surface area contributed by atoms with E-state index in [0.29, 0.717) is 17.5 Å². The zero-order chi connectivity index (χ0) is 26.4. The molecule has 0 aliphatic carbocycles. The number of nitro groups is 1. The van der Waals surface area contributed by atoms with Crippen LogP contribution in [0.5, 0.6) is 0 Å². The van der Waals surface area contributed by atoms with Gasteiger partial charge in [-0.1, -0.05) is 60.7 Å². The molecule has 3 aromatic carbocycles. The Balaban J connectivity index is 1.60. The lowest BCUT2D eigenvalue weighted by Gasteiger charge is -2.21. The maximum Gasteiger partial charge on any atom is 0.509 e. The minimum absolute atomic E-state index is 0.0207. The molecule has 0 radical (unpaired) electrons. The number of hydrogen-bond acceptors (Lipinski definition) is 8. The van der Waals surface area contributed by atoms with E-state index in [4.69, 9.17) is 18.9 Å². The van der Waals surface area contributed by atoms with Gasteiger partial charge in [0.05, 0.1) is 23.2 Å². The van der Waals surface area contributed by atoms with E-state index in [1.807, 2.05) is 7.85 Å². The van der Waals surface area contributed by atoms with E-state index in [1.165, 1.54) is 6.07 Å². The molecule has 3 aromatic rings. The van der Waals surface area contributed by atoms with Crippen molar-refractivity contribution >= 4 is 19.7 Å². The standard InChI is InChI=1S/C27H28BNO8/c1-34-23-14-25(28)36-24(23)16-35-27(31)37-26(19-5-3-2-4-6-19)21-12-11-20(13-22(21)29(32)33)18-9-7-17(15-30)8-10-18/h2-13,23-26,30H,14-16,28H2,1H3. The molecule has 1 N–H and O–H groups in total. The Kier molecular flexibility index (Phi) is 8.55. The molecule has 10 heteroatoms. The predicted molar refractivity (Wildman–Crippen MR) is 138 cm³/mol. The normalized spacial score (nSPS) is 19.8. The van der Waals surface area contributed by atoms with Gasteiger partial charge in [0.1, 0.15) is 20.6 Å². The average Bonchev–Trinajstić information content (AvgIpc) is 3.30. The highest BCUT2D eigenvalue weighted by atomic mass is 16.7. The number of nitrogens with zero attached hydrogens (tertiary/aromatic N) is 1. The second kappa shape index (κ2) is 12.0. The van der Waals surface area contributed by atoms with Crippen LogP contribution in [-0.4, -0.2) is 56.0 Å². The van der Waals surface area contributed by atoms with Gasteiger partial charge in [-0.05, 0) is 34.7 Å². The average molecular weight is 505 g/mol. The minimum atomic E-state index is -1.07. The Bertz CT molecular complexity index is 1220. The van der Waals surface area contributed by atoms with Crippen LogP contribution in [0, 0.1) is 10.1 Å². The molecule has 0 amide bonds. The number of ether oxygens (including phenoxy) is 4. The van der Waals surface area contributed by atoms with Crippen molar-refractivity contribution in [3.8, 4) is 11.1 Å². The number of hydrogen-bond donors (Lipinski definition) is 1. The van der Waals surface area contributed by atoms with E-state index in [2.05, 4.69) is 0 Å². The first-order valence-corrected chi connectivity index (χ1v) is 11.9. The van der Waals surface area contributed by atoms with E-state index < -0.39 is 23.3 Å². The lowest BCUT2D eigenvalue weighted by Crippen LogP contribution is -2.30. The lowest BCUT2D eigenvalue weighted by molar-refractivity contribution is -0.386. The summed E-state index contributed by atoms with van der Waals surface area (Å²) >= 11 is 0. The molecular formula is C27H28BNO8. The SMILES string of the molecule is BC1CC(OC)C(COC(=O)OC(c2ccccc2)c2ccc(-c3ccc(CO)cc3)cc2[N+](=O)[O-])O1. The van der Waals surface area contributed by atoms with Crippen LogP contribution < -0.4 is 0 Å². The quantitative estimate of drug-likeness (QED) is 0.202. The van der Waals surface area contributed by atoms with E-state index in [-0.39, 0.29) is 36.6 Å². The highest BCUT2D eigenvalue weighted by molar-refractivity contribution is 6.11. The van der Waals surface area contributed by atoms with Crippen LogP contribution in [0.1, 0.15) is 29.2 Å². The minimum Gasteiger partial charge on any atom is -0.431 e. The maximum absolute atomic E-state index is 12.7. The molecule has 1 fully saturated rings. The highest BCUT2D eigenvalue weighted by Crippen LogP contribution is 2.36. The highest BCUT2D eigenvalue weighted by Gasteiger charge is 2.35. The molecule has 0 spiro atoms. The third-order valence-electron chi connectivity index (χ3n) is 6.35. The Hall–Kier alpha value is -3.73. The summed E-state index contributed by atoms with van der Waals surface area (Å²) in [5.74, 6) is 0. The van der Waals surface area contributed by atoms with Gasteiger partial charge in [-0.25, -0.2) is 4.79 Å². The summed E-state index contributed by atoms with van der Waals surface area (Å²) in [6, 6.07) is 20.6. The first-order valence-electron chi connectivity index (χ1n) is 11.9.